The van der Waals surface area contributed by atoms with Crippen molar-refractivity contribution in [1.82, 2.24) is 14.9 Å². The molecule has 1 aromatic carbocycles. The van der Waals surface area contributed by atoms with E-state index in [4.69, 9.17) is 4.74 Å². The van der Waals surface area contributed by atoms with Crippen LogP contribution in [0, 0.1) is 0 Å². The molecular weight excluding hydrogens is 296 g/mol. The third-order valence-electron chi connectivity index (χ3n) is 3.94. The molecule has 1 aromatic heterocycles. The molecule has 122 valence electrons. The minimum Gasteiger partial charge on any atom is -0.368 e. The van der Waals surface area contributed by atoms with Crippen LogP contribution in [0.3, 0.4) is 0 Å². The van der Waals surface area contributed by atoms with Gasteiger partial charge in [0.05, 0.1) is 17.6 Å². The van der Waals surface area contributed by atoms with Gasteiger partial charge in [-0.2, -0.15) is 0 Å². The second-order valence-corrected chi connectivity index (χ2v) is 5.69. The summed E-state index contributed by atoms with van der Waals surface area (Å²) in [5.41, 5.74) is 2.43. The quantitative estimate of drug-likeness (QED) is 0.891. The first-order valence-corrected chi connectivity index (χ1v) is 7.67. The number of hydrogen-bond acceptors (Lipinski definition) is 4. The number of nitrogens with zero attached hydrogens (tertiary/aromatic N) is 2. The van der Waals surface area contributed by atoms with Gasteiger partial charge in [0, 0.05) is 26.3 Å². The van der Waals surface area contributed by atoms with Gasteiger partial charge in [-0.3, -0.25) is 9.59 Å². The van der Waals surface area contributed by atoms with E-state index in [2.05, 4.69) is 15.6 Å². The van der Waals surface area contributed by atoms with Gasteiger partial charge in [-0.1, -0.05) is 0 Å². The summed E-state index contributed by atoms with van der Waals surface area (Å²) < 4.78 is 7.30. The maximum atomic E-state index is 12.0. The molecule has 0 unspecified atom stereocenters. The van der Waals surface area contributed by atoms with Crippen LogP contribution >= 0.6 is 0 Å². The third-order valence-corrected chi connectivity index (χ3v) is 3.94. The maximum absolute atomic E-state index is 12.0. The van der Waals surface area contributed by atoms with Gasteiger partial charge >= 0.3 is 0 Å². The van der Waals surface area contributed by atoms with Crippen molar-refractivity contribution >= 4 is 28.5 Å². The first-order chi connectivity index (χ1) is 11.0. The highest BCUT2D eigenvalue weighted by molar-refractivity contribution is 5.91. The van der Waals surface area contributed by atoms with E-state index in [0.717, 1.165) is 29.7 Å². The topological polar surface area (TPSA) is 85.2 Å². The maximum Gasteiger partial charge on any atom is 0.249 e. The van der Waals surface area contributed by atoms with Gasteiger partial charge in [0.15, 0.2) is 0 Å². The number of imidazole rings is 1. The van der Waals surface area contributed by atoms with Gasteiger partial charge in [-0.05, 0) is 31.0 Å². The van der Waals surface area contributed by atoms with E-state index < -0.39 is 0 Å². The van der Waals surface area contributed by atoms with Gasteiger partial charge in [-0.15, -0.1) is 0 Å². The molecule has 7 nitrogen and oxygen atoms in total. The fourth-order valence-corrected chi connectivity index (χ4v) is 2.75. The summed E-state index contributed by atoms with van der Waals surface area (Å²) in [6.07, 6.45) is 1.36. The van der Waals surface area contributed by atoms with E-state index in [9.17, 15) is 9.59 Å². The molecule has 2 aromatic rings. The lowest BCUT2D eigenvalue weighted by atomic mass is 10.2. The number of hydrogen-bond donors (Lipinski definition) is 2. The van der Waals surface area contributed by atoms with Gasteiger partial charge in [0.1, 0.15) is 11.9 Å². The summed E-state index contributed by atoms with van der Waals surface area (Å²) >= 11 is 0. The normalized spacial score (nSPS) is 17.4. The number of carbonyl (C=O) groups is 2. The van der Waals surface area contributed by atoms with Crippen molar-refractivity contribution in [3.05, 3.63) is 24.0 Å². The zero-order chi connectivity index (χ0) is 16.4. The molecule has 0 aliphatic carbocycles. The Labute approximate surface area is 134 Å². The standard InChI is InChI=1S/C16H20N4O3/c1-10(21)18-11-5-6-13-12(8-11)19-15(20(13)2)9-17-16(22)14-4-3-7-23-14/h5-6,8,14H,3-4,7,9H2,1-2H3,(H,17,22)(H,18,21)/t14-/m1/s1. The lowest BCUT2D eigenvalue weighted by Crippen LogP contribution is -2.34. The Morgan fingerprint density at radius 1 is 1.43 bits per heavy atom. The zero-order valence-corrected chi connectivity index (χ0v) is 13.3. The summed E-state index contributed by atoms with van der Waals surface area (Å²) in [6.45, 7) is 2.46. The van der Waals surface area contributed by atoms with Crippen molar-refractivity contribution in [2.24, 2.45) is 7.05 Å². The number of rotatable bonds is 4. The van der Waals surface area contributed by atoms with Crippen LogP contribution in [-0.4, -0.2) is 34.1 Å². The van der Waals surface area contributed by atoms with Crippen LogP contribution in [-0.2, 0) is 27.9 Å². The predicted octanol–water partition coefficient (Wildman–Crippen LogP) is 1.33. The number of amides is 2. The number of benzene rings is 1. The fourth-order valence-electron chi connectivity index (χ4n) is 2.75. The smallest absolute Gasteiger partial charge is 0.249 e. The van der Waals surface area contributed by atoms with E-state index in [-0.39, 0.29) is 17.9 Å². The highest BCUT2D eigenvalue weighted by Crippen LogP contribution is 2.20. The average molecular weight is 316 g/mol. The molecule has 1 atom stereocenters. The van der Waals surface area contributed by atoms with Crippen LogP contribution in [0.15, 0.2) is 18.2 Å². The number of aromatic nitrogens is 2. The summed E-state index contributed by atoms with van der Waals surface area (Å²) in [6, 6.07) is 5.56. The Morgan fingerprint density at radius 2 is 2.26 bits per heavy atom. The van der Waals surface area contributed by atoms with Crippen LogP contribution in [0.4, 0.5) is 5.69 Å². The molecule has 0 radical (unpaired) electrons. The zero-order valence-electron chi connectivity index (χ0n) is 13.3. The monoisotopic (exact) mass is 316 g/mol. The molecule has 7 heteroatoms. The van der Waals surface area contributed by atoms with E-state index >= 15 is 0 Å². The van der Waals surface area contributed by atoms with E-state index in [1.165, 1.54) is 6.92 Å². The minimum atomic E-state index is -0.337. The molecule has 2 amide bonds. The molecule has 1 aliphatic rings. The van der Waals surface area contributed by atoms with Gasteiger partial charge < -0.3 is 19.9 Å². The van der Waals surface area contributed by atoms with Crippen molar-refractivity contribution < 1.29 is 14.3 Å². The summed E-state index contributed by atoms with van der Waals surface area (Å²) in [5, 5.41) is 5.61. The van der Waals surface area contributed by atoms with Gasteiger partial charge in [-0.25, -0.2) is 4.98 Å². The molecule has 1 aliphatic heterocycles. The molecule has 1 saturated heterocycles. The molecular formula is C16H20N4O3. The van der Waals surface area contributed by atoms with Gasteiger partial charge in [0.2, 0.25) is 11.8 Å². The van der Waals surface area contributed by atoms with Crippen LogP contribution in [0.1, 0.15) is 25.6 Å². The molecule has 2 heterocycles. The molecule has 2 N–H and O–H groups in total. The van der Waals surface area contributed by atoms with Crippen molar-refractivity contribution in [2.75, 3.05) is 11.9 Å². The van der Waals surface area contributed by atoms with Crippen molar-refractivity contribution in [2.45, 2.75) is 32.4 Å². The predicted molar refractivity (Wildman–Crippen MR) is 85.8 cm³/mol. The molecule has 0 saturated carbocycles. The number of ether oxygens (including phenoxy) is 1. The highest BCUT2D eigenvalue weighted by atomic mass is 16.5. The molecule has 0 bridgehead atoms. The average Bonchev–Trinajstić information content (AvgIpc) is 3.13. The lowest BCUT2D eigenvalue weighted by molar-refractivity contribution is -0.130. The van der Waals surface area contributed by atoms with Crippen molar-refractivity contribution in [3.63, 3.8) is 0 Å². The number of anilines is 1. The first-order valence-electron chi connectivity index (χ1n) is 7.67. The Hall–Kier alpha value is -2.41. The summed E-state index contributed by atoms with van der Waals surface area (Å²) in [4.78, 5) is 27.7. The Bertz CT molecular complexity index is 747. The first kappa shape index (κ1) is 15.5. The SMILES string of the molecule is CC(=O)Nc1ccc2c(c1)nc(CNC(=O)[C@H]1CCCO1)n2C. The Kier molecular flexibility index (Phi) is 4.29. The molecule has 0 spiro atoms. The fraction of sp³-hybridized carbons (Fsp3) is 0.438. The highest BCUT2D eigenvalue weighted by Gasteiger charge is 2.23. The van der Waals surface area contributed by atoms with E-state index in [1.54, 1.807) is 0 Å². The number of fused-ring (bicyclic) bond motifs is 1. The largest absolute Gasteiger partial charge is 0.368 e. The van der Waals surface area contributed by atoms with Crippen LogP contribution in [0.25, 0.3) is 11.0 Å². The minimum absolute atomic E-state index is 0.0894. The second-order valence-electron chi connectivity index (χ2n) is 5.69. The third kappa shape index (κ3) is 3.34. The van der Waals surface area contributed by atoms with Crippen molar-refractivity contribution in [3.8, 4) is 0 Å². The Balaban J connectivity index is 1.74. The van der Waals surface area contributed by atoms with Crippen molar-refractivity contribution in [1.29, 1.82) is 0 Å². The summed E-state index contributed by atoms with van der Waals surface area (Å²) in [7, 11) is 1.90. The summed E-state index contributed by atoms with van der Waals surface area (Å²) in [5.74, 6) is 0.546. The number of nitrogens with one attached hydrogen (secondary N) is 2. The van der Waals surface area contributed by atoms with E-state index in [1.807, 2.05) is 29.8 Å². The van der Waals surface area contributed by atoms with Crippen LogP contribution < -0.4 is 10.6 Å². The number of aryl methyl sites for hydroxylation is 1. The number of carbonyl (C=O) groups excluding carboxylic acids is 2. The Morgan fingerprint density at radius 3 is 2.96 bits per heavy atom. The van der Waals surface area contributed by atoms with Crippen LogP contribution in [0.5, 0.6) is 0 Å². The van der Waals surface area contributed by atoms with Gasteiger partial charge in [0.25, 0.3) is 0 Å². The molecule has 3 rings (SSSR count). The lowest BCUT2D eigenvalue weighted by Gasteiger charge is -2.10. The molecule has 1 fully saturated rings. The van der Waals surface area contributed by atoms with Crippen LogP contribution in [0.2, 0.25) is 0 Å². The van der Waals surface area contributed by atoms with E-state index in [0.29, 0.717) is 18.8 Å². The molecule has 23 heavy (non-hydrogen) atoms. The second kappa shape index (κ2) is 6.37.